The van der Waals surface area contributed by atoms with E-state index in [9.17, 15) is 9.59 Å². The first-order valence-corrected chi connectivity index (χ1v) is 9.16. The van der Waals surface area contributed by atoms with E-state index in [2.05, 4.69) is 10.3 Å². The Bertz CT molecular complexity index is 1220. The second kappa shape index (κ2) is 7.98. The Balaban J connectivity index is 1.48. The summed E-state index contributed by atoms with van der Waals surface area (Å²) in [6.07, 6.45) is 0. The number of ether oxygens (including phenoxy) is 1. The third kappa shape index (κ3) is 4.01. The van der Waals surface area contributed by atoms with Crippen LogP contribution in [0.15, 0.2) is 83.7 Å². The lowest BCUT2D eigenvalue weighted by atomic mass is 10.1. The summed E-state index contributed by atoms with van der Waals surface area (Å²) in [5.74, 6) is 0.892. The van der Waals surface area contributed by atoms with Crippen molar-refractivity contribution in [2.24, 2.45) is 7.05 Å². The van der Waals surface area contributed by atoms with Crippen LogP contribution in [0.2, 0.25) is 0 Å². The van der Waals surface area contributed by atoms with E-state index < -0.39 is 0 Å². The number of rotatable bonds is 5. The number of carbonyl (C=O) groups is 1. The van der Waals surface area contributed by atoms with Crippen molar-refractivity contribution in [3.05, 3.63) is 89.2 Å². The van der Waals surface area contributed by atoms with Gasteiger partial charge in [-0.3, -0.25) is 14.2 Å². The van der Waals surface area contributed by atoms with Crippen LogP contribution >= 0.6 is 0 Å². The van der Waals surface area contributed by atoms with Crippen molar-refractivity contribution in [3.63, 3.8) is 0 Å². The number of hydrogen-bond acceptors (Lipinski definition) is 4. The molecule has 144 valence electrons. The zero-order valence-corrected chi connectivity index (χ0v) is 15.8. The number of aromatic nitrogens is 2. The Morgan fingerprint density at radius 1 is 0.966 bits per heavy atom. The molecule has 0 spiro atoms. The Hall–Kier alpha value is -3.93. The first-order chi connectivity index (χ1) is 14.1. The van der Waals surface area contributed by atoms with Crippen molar-refractivity contribution >= 4 is 22.5 Å². The smallest absolute Gasteiger partial charge is 0.262 e. The predicted molar refractivity (Wildman–Crippen MR) is 113 cm³/mol. The largest absolute Gasteiger partial charge is 0.484 e. The Kier molecular flexibility index (Phi) is 5.07. The monoisotopic (exact) mass is 385 g/mol. The van der Waals surface area contributed by atoms with E-state index in [1.54, 1.807) is 25.2 Å². The number of fused-ring (bicyclic) bond motifs is 1. The molecule has 0 fully saturated rings. The first kappa shape index (κ1) is 18.4. The summed E-state index contributed by atoms with van der Waals surface area (Å²) in [6.45, 7) is -0.0963. The van der Waals surface area contributed by atoms with Crippen LogP contribution < -0.4 is 15.6 Å². The molecule has 0 saturated carbocycles. The molecule has 0 radical (unpaired) electrons. The fourth-order valence-corrected chi connectivity index (χ4v) is 3.04. The van der Waals surface area contributed by atoms with Crippen molar-refractivity contribution in [2.45, 2.75) is 0 Å². The zero-order chi connectivity index (χ0) is 20.2. The van der Waals surface area contributed by atoms with Crippen LogP contribution in [-0.4, -0.2) is 22.1 Å². The molecule has 1 heterocycles. The summed E-state index contributed by atoms with van der Waals surface area (Å²) < 4.78 is 7.09. The molecule has 0 bridgehead atoms. The van der Waals surface area contributed by atoms with Crippen LogP contribution in [0.3, 0.4) is 0 Å². The molecule has 0 atom stereocenters. The van der Waals surface area contributed by atoms with E-state index in [4.69, 9.17) is 4.74 Å². The van der Waals surface area contributed by atoms with Crippen LogP contribution in [0, 0.1) is 0 Å². The van der Waals surface area contributed by atoms with Gasteiger partial charge in [-0.05, 0) is 48.5 Å². The molecule has 29 heavy (non-hydrogen) atoms. The average molecular weight is 385 g/mol. The van der Waals surface area contributed by atoms with E-state index in [0.717, 1.165) is 11.3 Å². The lowest BCUT2D eigenvalue weighted by Gasteiger charge is -2.11. The lowest BCUT2D eigenvalue weighted by molar-refractivity contribution is -0.118. The maximum Gasteiger partial charge on any atom is 0.262 e. The number of hydrogen-bond donors (Lipinski definition) is 1. The minimum atomic E-state index is -0.237. The highest BCUT2D eigenvalue weighted by atomic mass is 16.5. The van der Waals surface area contributed by atoms with Crippen LogP contribution in [0.5, 0.6) is 5.75 Å². The van der Waals surface area contributed by atoms with E-state index in [0.29, 0.717) is 22.5 Å². The highest BCUT2D eigenvalue weighted by molar-refractivity contribution is 5.91. The minimum Gasteiger partial charge on any atom is -0.484 e. The number of benzene rings is 3. The molecule has 1 aromatic heterocycles. The SMILES string of the molecule is Cn1c(-c2ccc(OCC(=O)Nc3ccccc3)cc2)nc2ccccc2c1=O. The molecule has 0 saturated heterocycles. The summed E-state index contributed by atoms with van der Waals surface area (Å²) in [4.78, 5) is 29.2. The number of para-hydroxylation sites is 2. The van der Waals surface area contributed by atoms with Gasteiger partial charge in [0.1, 0.15) is 11.6 Å². The molecule has 1 N–H and O–H groups in total. The molecule has 1 amide bonds. The molecule has 0 unspecified atom stereocenters. The van der Waals surface area contributed by atoms with Crippen molar-refractivity contribution in [1.29, 1.82) is 0 Å². The van der Waals surface area contributed by atoms with Gasteiger partial charge in [-0.15, -0.1) is 0 Å². The van der Waals surface area contributed by atoms with Crippen LogP contribution in [-0.2, 0) is 11.8 Å². The fourth-order valence-electron chi connectivity index (χ4n) is 3.04. The van der Waals surface area contributed by atoms with Crippen molar-refractivity contribution in [2.75, 3.05) is 11.9 Å². The maximum absolute atomic E-state index is 12.6. The van der Waals surface area contributed by atoms with Gasteiger partial charge in [-0.2, -0.15) is 0 Å². The second-order valence-electron chi connectivity index (χ2n) is 6.54. The minimum absolute atomic E-state index is 0.0940. The lowest BCUT2D eigenvalue weighted by Crippen LogP contribution is -2.20. The summed E-state index contributed by atoms with van der Waals surface area (Å²) >= 11 is 0. The van der Waals surface area contributed by atoms with Crippen molar-refractivity contribution in [3.8, 4) is 17.1 Å². The third-order valence-corrected chi connectivity index (χ3v) is 4.52. The van der Waals surface area contributed by atoms with Gasteiger partial charge < -0.3 is 10.1 Å². The van der Waals surface area contributed by atoms with E-state index in [1.165, 1.54) is 4.57 Å². The van der Waals surface area contributed by atoms with Gasteiger partial charge in [-0.25, -0.2) is 4.98 Å². The highest BCUT2D eigenvalue weighted by Crippen LogP contribution is 2.21. The fraction of sp³-hybridized carbons (Fsp3) is 0.0870. The second-order valence-corrected chi connectivity index (χ2v) is 6.54. The Morgan fingerprint density at radius 3 is 2.41 bits per heavy atom. The number of anilines is 1. The predicted octanol–water partition coefficient (Wildman–Crippen LogP) is 3.62. The standard InChI is InChI=1S/C23H19N3O3/c1-26-22(25-20-10-6-5-9-19(20)23(26)28)16-11-13-18(14-12-16)29-15-21(27)24-17-7-3-2-4-8-17/h2-14H,15H2,1H3,(H,24,27). The molecule has 3 aromatic carbocycles. The van der Waals surface area contributed by atoms with Crippen molar-refractivity contribution in [1.82, 2.24) is 9.55 Å². The summed E-state index contributed by atoms with van der Waals surface area (Å²) in [6, 6.07) is 23.6. The zero-order valence-electron chi connectivity index (χ0n) is 15.8. The summed E-state index contributed by atoms with van der Waals surface area (Å²) in [5.41, 5.74) is 2.07. The van der Waals surface area contributed by atoms with Gasteiger partial charge in [0.25, 0.3) is 11.5 Å². The van der Waals surface area contributed by atoms with Crippen LogP contribution in [0.4, 0.5) is 5.69 Å². The number of nitrogens with zero attached hydrogens (tertiary/aromatic N) is 2. The first-order valence-electron chi connectivity index (χ1n) is 9.16. The van der Waals surface area contributed by atoms with Gasteiger partial charge in [0.15, 0.2) is 6.61 Å². The van der Waals surface area contributed by atoms with Crippen LogP contribution in [0.1, 0.15) is 0 Å². The maximum atomic E-state index is 12.6. The third-order valence-electron chi connectivity index (χ3n) is 4.52. The Morgan fingerprint density at radius 2 is 1.66 bits per heavy atom. The molecule has 0 aliphatic rings. The Labute approximate surface area is 167 Å². The van der Waals surface area contributed by atoms with Gasteiger partial charge in [0.2, 0.25) is 0 Å². The van der Waals surface area contributed by atoms with Gasteiger partial charge in [0.05, 0.1) is 10.9 Å². The summed E-state index contributed by atoms with van der Waals surface area (Å²) in [7, 11) is 1.70. The molecular weight excluding hydrogens is 366 g/mol. The van der Waals surface area contributed by atoms with Gasteiger partial charge in [-0.1, -0.05) is 30.3 Å². The van der Waals surface area contributed by atoms with Crippen LogP contribution in [0.25, 0.3) is 22.3 Å². The molecular formula is C23H19N3O3. The average Bonchev–Trinajstić information content (AvgIpc) is 2.76. The van der Waals surface area contributed by atoms with Crippen molar-refractivity contribution < 1.29 is 9.53 Å². The normalized spacial score (nSPS) is 10.7. The molecule has 6 nitrogen and oxygen atoms in total. The van der Waals surface area contributed by atoms with E-state index in [-0.39, 0.29) is 18.1 Å². The number of carbonyl (C=O) groups excluding carboxylic acids is 1. The van der Waals surface area contributed by atoms with Gasteiger partial charge in [0, 0.05) is 18.3 Å². The number of amides is 1. The topological polar surface area (TPSA) is 73.2 Å². The number of nitrogens with one attached hydrogen (secondary N) is 1. The highest BCUT2D eigenvalue weighted by Gasteiger charge is 2.10. The van der Waals surface area contributed by atoms with E-state index in [1.807, 2.05) is 60.7 Å². The molecule has 0 aliphatic heterocycles. The summed E-state index contributed by atoms with van der Waals surface area (Å²) in [5, 5.41) is 3.35. The molecule has 4 aromatic rings. The van der Waals surface area contributed by atoms with Gasteiger partial charge >= 0.3 is 0 Å². The molecule has 0 aliphatic carbocycles. The molecule has 6 heteroatoms. The molecule has 4 rings (SSSR count). The quantitative estimate of drug-likeness (QED) is 0.570. The van der Waals surface area contributed by atoms with E-state index >= 15 is 0 Å².